The summed E-state index contributed by atoms with van der Waals surface area (Å²) in [5.41, 5.74) is 2.91. The third kappa shape index (κ3) is 2.24. The fourth-order valence-corrected chi connectivity index (χ4v) is 3.05. The first-order chi connectivity index (χ1) is 10.5. The molecule has 2 aromatic rings. The minimum atomic E-state index is -0.0834. The lowest BCUT2D eigenvalue weighted by Crippen LogP contribution is -2.25. The number of nitrogens with zero attached hydrogens (tertiary/aromatic N) is 3. The lowest BCUT2D eigenvalue weighted by molar-refractivity contribution is -0.116. The molecule has 0 fully saturated rings. The fraction of sp³-hybridized carbons (Fsp3) is 0.438. The molecule has 0 unspecified atom stereocenters. The third-order valence-corrected chi connectivity index (χ3v) is 3.99. The van der Waals surface area contributed by atoms with E-state index in [1.807, 2.05) is 37.6 Å². The second-order valence-corrected chi connectivity index (χ2v) is 5.79. The average Bonchev–Trinajstić information content (AvgIpc) is 2.83. The zero-order chi connectivity index (χ0) is 15.9. The van der Waals surface area contributed by atoms with Gasteiger partial charge in [-0.2, -0.15) is 5.10 Å². The van der Waals surface area contributed by atoms with Crippen molar-refractivity contribution in [2.45, 2.75) is 39.2 Å². The van der Waals surface area contributed by atoms with Crippen LogP contribution in [0.25, 0.3) is 0 Å². The van der Waals surface area contributed by atoms with E-state index in [2.05, 4.69) is 15.4 Å². The molecule has 0 bridgehead atoms. The lowest BCUT2D eigenvalue weighted by atomic mass is 9.86. The van der Waals surface area contributed by atoms with Gasteiger partial charge in [-0.3, -0.25) is 4.79 Å². The molecule has 0 spiro atoms. The van der Waals surface area contributed by atoms with E-state index < -0.39 is 0 Å². The first-order valence-corrected chi connectivity index (χ1v) is 7.40. The summed E-state index contributed by atoms with van der Waals surface area (Å²) in [6, 6.07) is 4.01. The quantitative estimate of drug-likeness (QED) is 0.946. The van der Waals surface area contributed by atoms with Gasteiger partial charge < -0.3 is 10.1 Å². The van der Waals surface area contributed by atoms with Crippen LogP contribution in [0.4, 0.5) is 5.82 Å². The van der Waals surface area contributed by atoms with Crippen LogP contribution in [0.3, 0.4) is 0 Å². The molecule has 22 heavy (non-hydrogen) atoms. The Kier molecular flexibility index (Phi) is 3.60. The number of pyridine rings is 1. The minimum Gasteiger partial charge on any atom is -0.481 e. The summed E-state index contributed by atoms with van der Waals surface area (Å²) < 4.78 is 7.25. The molecule has 1 aliphatic rings. The number of nitrogens with one attached hydrogen (secondary N) is 1. The van der Waals surface area contributed by atoms with Crippen molar-refractivity contribution >= 4 is 11.7 Å². The molecule has 1 amide bonds. The highest BCUT2D eigenvalue weighted by Crippen LogP contribution is 2.42. The first kappa shape index (κ1) is 14.6. The van der Waals surface area contributed by atoms with Gasteiger partial charge in [0.1, 0.15) is 5.82 Å². The van der Waals surface area contributed by atoms with Crippen molar-refractivity contribution in [1.82, 2.24) is 14.8 Å². The van der Waals surface area contributed by atoms with Gasteiger partial charge in [-0.15, -0.1) is 0 Å². The zero-order valence-corrected chi connectivity index (χ0v) is 13.3. The SMILES string of the molecule is COc1ncccc1[C@H]1CC(=O)Nc2c1c(C)nn2C(C)C. The van der Waals surface area contributed by atoms with Crippen LogP contribution < -0.4 is 10.1 Å². The maximum absolute atomic E-state index is 12.2. The van der Waals surface area contributed by atoms with Crippen molar-refractivity contribution in [2.75, 3.05) is 12.4 Å². The van der Waals surface area contributed by atoms with Crippen molar-refractivity contribution in [2.24, 2.45) is 0 Å². The van der Waals surface area contributed by atoms with E-state index in [9.17, 15) is 4.79 Å². The topological polar surface area (TPSA) is 69.0 Å². The molecule has 3 rings (SSSR count). The second-order valence-electron chi connectivity index (χ2n) is 5.79. The fourth-order valence-electron chi connectivity index (χ4n) is 3.05. The summed E-state index contributed by atoms with van der Waals surface area (Å²) in [7, 11) is 1.60. The molecular formula is C16H20N4O2. The van der Waals surface area contributed by atoms with Gasteiger partial charge in [-0.05, 0) is 26.8 Å². The molecule has 0 aliphatic carbocycles. The van der Waals surface area contributed by atoms with Crippen molar-refractivity contribution in [1.29, 1.82) is 0 Å². The molecule has 0 aromatic carbocycles. The molecule has 6 nitrogen and oxygen atoms in total. The van der Waals surface area contributed by atoms with Crippen LogP contribution in [0, 0.1) is 6.92 Å². The third-order valence-electron chi connectivity index (χ3n) is 3.99. The second kappa shape index (κ2) is 5.44. The monoisotopic (exact) mass is 300 g/mol. The van der Waals surface area contributed by atoms with E-state index in [-0.39, 0.29) is 17.9 Å². The summed E-state index contributed by atoms with van der Waals surface area (Å²) in [6.45, 7) is 6.07. The van der Waals surface area contributed by atoms with Gasteiger partial charge in [0.2, 0.25) is 11.8 Å². The normalized spacial score (nSPS) is 17.3. The number of methoxy groups -OCH3 is 1. The van der Waals surface area contributed by atoms with Crippen molar-refractivity contribution in [3.8, 4) is 5.88 Å². The number of rotatable bonds is 3. The average molecular weight is 300 g/mol. The van der Waals surface area contributed by atoms with Gasteiger partial charge in [-0.1, -0.05) is 6.07 Å². The van der Waals surface area contributed by atoms with Gasteiger partial charge in [0, 0.05) is 35.7 Å². The summed E-state index contributed by atoms with van der Waals surface area (Å²) in [5.74, 6) is 1.26. The summed E-state index contributed by atoms with van der Waals surface area (Å²) in [5, 5.41) is 7.57. The highest BCUT2D eigenvalue weighted by Gasteiger charge is 2.34. The molecule has 0 radical (unpaired) electrons. The predicted octanol–water partition coefficient (Wildman–Crippen LogP) is 2.65. The Morgan fingerprint density at radius 2 is 2.23 bits per heavy atom. The number of ether oxygens (including phenoxy) is 1. The smallest absolute Gasteiger partial charge is 0.226 e. The van der Waals surface area contributed by atoms with Crippen LogP contribution in [0.15, 0.2) is 18.3 Å². The Morgan fingerprint density at radius 3 is 2.91 bits per heavy atom. The van der Waals surface area contributed by atoms with E-state index in [1.54, 1.807) is 13.3 Å². The summed E-state index contributed by atoms with van der Waals surface area (Å²) >= 11 is 0. The minimum absolute atomic E-state index is 0.00907. The van der Waals surface area contributed by atoms with Gasteiger partial charge >= 0.3 is 0 Å². The molecule has 1 N–H and O–H groups in total. The Hall–Kier alpha value is -2.37. The Labute approximate surface area is 129 Å². The Morgan fingerprint density at radius 1 is 1.45 bits per heavy atom. The van der Waals surface area contributed by atoms with Crippen LogP contribution >= 0.6 is 0 Å². The van der Waals surface area contributed by atoms with Crippen molar-refractivity contribution in [3.05, 3.63) is 35.2 Å². The molecular weight excluding hydrogens is 280 g/mol. The van der Waals surface area contributed by atoms with Crippen LogP contribution in [0.1, 0.15) is 49.0 Å². The molecule has 116 valence electrons. The van der Waals surface area contributed by atoms with E-state index in [1.165, 1.54) is 0 Å². The Balaban J connectivity index is 2.18. The van der Waals surface area contributed by atoms with Gasteiger partial charge in [0.25, 0.3) is 0 Å². The maximum Gasteiger partial charge on any atom is 0.226 e. The highest BCUT2D eigenvalue weighted by atomic mass is 16.5. The maximum atomic E-state index is 12.2. The van der Waals surface area contributed by atoms with Gasteiger partial charge in [-0.25, -0.2) is 9.67 Å². The van der Waals surface area contributed by atoms with Crippen LogP contribution in [-0.2, 0) is 4.79 Å². The van der Waals surface area contributed by atoms with Gasteiger partial charge in [0.05, 0.1) is 12.8 Å². The first-order valence-electron chi connectivity index (χ1n) is 7.40. The molecule has 1 aliphatic heterocycles. The largest absolute Gasteiger partial charge is 0.481 e. The molecule has 0 saturated heterocycles. The van der Waals surface area contributed by atoms with Crippen LogP contribution in [0.5, 0.6) is 5.88 Å². The van der Waals surface area contributed by atoms with E-state index in [4.69, 9.17) is 4.74 Å². The lowest BCUT2D eigenvalue weighted by Gasteiger charge is -2.25. The molecule has 2 aromatic heterocycles. The number of fused-ring (bicyclic) bond motifs is 1. The summed E-state index contributed by atoms with van der Waals surface area (Å²) in [4.78, 5) is 16.4. The van der Waals surface area contributed by atoms with Crippen molar-refractivity contribution in [3.63, 3.8) is 0 Å². The zero-order valence-electron chi connectivity index (χ0n) is 13.3. The number of amides is 1. The van der Waals surface area contributed by atoms with Crippen LogP contribution in [-0.4, -0.2) is 27.8 Å². The van der Waals surface area contributed by atoms with E-state index in [0.29, 0.717) is 12.3 Å². The molecule has 0 saturated carbocycles. The number of carbonyl (C=O) groups is 1. The number of hydrogen-bond acceptors (Lipinski definition) is 4. The van der Waals surface area contributed by atoms with E-state index >= 15 is 0 Å². The molecule has 1 atom stereocenters. The Bertz CT molecular complexity index is 721. The molecule has 6 heteroatoms. The molecule has 3 heterocycles. The number of aryl methyl sites for hydroxylation is 1. The van der Waals surface area contributed by atoms with Crippen molar-refractivity contribution < 1.29 is 9.53 Å². The summed E-state index contributed by atoms with van der Waals surface area (Å²) in [6.07, 6.45) is 2.07. The highest BCUT2D eigenvalue weighted by molar-refractivity contribution is 5.94. The van der Waals surface area contributed by atoms with Crippen LogP contribution in [0.2, 0.25) is 0 Å². The number of anilines is 1. The number of aromatic nitrogens is 3. The number of carbonyl (C=O) groups excluding carboxylic acids is 1. The predicted molar refractivity (Wildman–Crippen MR) is 83.2 cm³/mol. The van der Waals surface area contributed by atoms with Gasteiger partial charge in [0.15, 0.2) is 0 Å². The standard InChI is InChI=1S/C16H20N4O2/c1-9(2)20-15-14(10(3)19-20)12(8-13(21)18-15)11-6-5-7-17-16(11)22-4/h5-7,9,12H,8H2,1-4H3,(H,18,21)/t12-/m1/s1. The number of hydrogen-bond donors (Lipinski definition) is 1. The van der Waals surface area contributed by atoms with E-state index in [0.717, 1.165) is 22.6 Å².